The predicted molar refractivity (Wildman–Crippen MR) is 60.4 cm³/mol. The maximum Gasteiger partial charge on any atom is 0.129 e. The average molecular weight is 230 g/mol. The Hall–Kier alpha value is -0.680. The summed E-state index contributed by atoms with van der Waals surface area (Å²) in [6, 6.07) is 3.60. The summed E-state index contributed by atoms with van der Waals surface area (Å²) in [5.41, 5.74) is 3.67. The fourth-order valence-corrected chi connectivity index (χ4v) is 1.40. The van der Waals surface area contributed by atoms with Gasteiger partial charge in [0, 0.05) is 12.8 Å². The molecule has 1 unspecified atom stereocenters. The number of nitrogens with zero attached hydrogens (tertiary/aromatic N) is 1. The molecule has 0 aliphatic rings. The molecule has 0 amide bonds. The zero-order valence-electron chi connectivity index (χ0n) is 8.74. The van der Waals surface area contributed by atoms with Gasteiger partial charge in [0.2, 0.25) is 0 Å². The standard InChI is InChI=1S/C10H16ClN3O/c1-2-5-15-7-9(14-12)8-3-4-13-10(11)6-8/h3-4,6,9,14H,2,5,7,12H2,1H3. The van der Waals surface area contributed by atoms with E-state index in [0.717, 1.165) is 18.6 Å². The van der Waals surface area contributed by atoms with Gasteiger partial charge < -0.3 is 4.74 Å². The van der Waals surface area contributed by atoms with Crippen LogP contribution in [0.2, 0.25) is 5.15 Å². The lowest BCUT2D eigenvalue weighted by Crippen LogP contribution is -2.31. The molecule has 0 radical (unpaired) electrons. The minimum Gasteiger partial charge on any atom is -0.379 e. The van der Waals surface area contributed by atoms with Crippen LogP contribution in [-0.2, 0) is 4.74 Å². The molecule has 0 bridgehead atoms. The van der Waals surface area contributed by atoms with Gasteiger partial charge in [-0.1, -0.05) is 18.5 Å². The van der Waals surface area contributed by atoms with Gasteiger partial charge in [0.05, 0.1) is 12.6 Å². The normalized spacial score (nSPS) is 12.7. The van der Waals surface area contributed by atoms with E-state index in [9.17, 15) is 0 Å². The van der Waals surface area contributed by atoms with Gasteiger partial charge >= 0.3 is 0 Å². The van der Waals surface area contributed by atoms with Crippen LogP contribution in [0.1, 0.15) is 24.9 Å². The molecule has 1 atom stereocenters. The van der Waals surface area contributed by atoms with Crippen LogP contribution >= 0.6 is 11.6 Å². The minimum absolute atomic E-state index is 0.0444. The second-order valence-corrected chi connectivity index (χ2v) is 3.59. The number of hydrazine groups is 1. The van der Waals surface area contributed by atoms with E-state index >= 15 is 0 Å². The summed E-state index contributed by atoms with van der Waals surface area (Å²) in [4.78, 5) is 3.91. The third kappa shape index (κ3) is 4.13. The SMILES string of the molecule is CCCOCC(NN)c1ccnc(Cl)c1. The molecule has 1 heterocycles. The molecule has 0 saturated carbocycles. The van der Waals surface area contributed by atoms with Crippen LogP contribution < -0.4 is 11.3 Å². The highest BCUT2D eigenvalue weighted by Gasteiger charge is 2.09. The van der Waals surface area contributed by atoms with Crippen LogP contribution in [0, 0.1) is 0 Å². The topological polar surface area (TPSA) is 60.2 Å². The summed E-state index contributed by atoms with van der Waals surface area (Å²) in [6.07, 6.45) is 2.65. The van der Waals surface area contributed by atoms with Crippen molar-refractivity contribution in [2.24, 2.45) is 5.84 Å². The first-order valence-corrected chi connectivity index (χ1v) is 5.31. The Kier molecular flexibility index (Phi) is 5.57. The predicted octanol–water partition coefficient (Wildman–Crippen LogP) is 1.67. The summed E-state index contributed by atoms with van der Waals surface area (Å²) < 4.78 is 5.42. The second kappa shape index (κ2) is 6.74. The summed E-state index contributed by atoms with van der Waals surface area (Å²) >= 11 is 5.79. The molecule has 0 aromatic carbocycles. The lowest BCUT2D eigenvalue weighted by Gasteiger charge is -2.16. The summed E-state index contributed by atoms with van der Waals surface area (Å²) in [7, 11) is 0. The lowest BCUT2D eigenvalue weighted by molar-refractivity contribution is 0.112. The van der Waals surface area contributed by atoms with Crippen LogP contribution in [0.4, 0.5) is 0 Å². The van der Waals surface area contributed by atoms with Crippen LogP contribution in [0.15, 0.2) is 18.3 Å². The first-order chi connectivity index (χ1) is 7.27. The molecular weight excluding hydrogens is 214 g/mol. The van der Waals surface area contributed by atoms with Crippen molar-refractivity contribution in [3.63, 3.8) is 0 Å². The smallest absolute Gasteiger partial charge is 0.129 e. The molecule has 15 heavy (non-hydrogen) atoms. The number of halogens is 1. The Morgan fingerprint density at radius 1 is 1.67 bits per heavy atom. The molecular formula is C10H16ClN3O. The van der Waals surface area contributed by atoms with E-state index in [1.807, 2.05) is 6.07 Å². The van der Waals surface area contributed by atoms with Gasteiger partial charge in [0.15, 0.2) is 0 Å². The van der Waals surface area contributed by atoms with Crippen molar-refractivity contribution >= 4 is 11.6 Å². The van der Waals surface area contributed by atoms with E-state index in [-0.39, 0.29) is 6.04 Å². The molecule has 3 N–H and O–H groups in total. The van der Waals surface area contributed by atoms with Gasteiger partial charge in [-0.3, -0.25) is 11.3 Å². The van der Waals surface area contributed by atoms with Gasteiger partial charge in [-0.05, 0) is 24.1 Å². The fourth-order valence-electron chi connectivity index (χ4n) is 1.22. The van der Waals surface area contributed by atoms with Crippen molar-refractivity contribution in [3.8, 4) is 0 Å². The van der Waals surface area contributed by atoms with Crippen LogP contribution in [-0.4, -0.2) is 18.2 Å². The minimum atomic E-state index is -0.0444. The molecule has 0 fully saturated rings. The lowest BCUT2D eigenvalue weighted by atomic mass is 10.1. The Bertz CT molecular complexity index is 296. The first-order valence-electron chi connectivity index (χ1n) is 4.93. The highest BCUT2D eigenvalue weighted by molar-refractivity contribution is 6.29. The highest BCUT2D eigenvalue weighted by Crippen LogP contribution is 2.15. The Morgan fingerprint density at radius 3 is 3.07 bits per heavy atom. The number of nitrogens with two attached hydrogens (primary N) is 1. The molecule has 0 saturated heterocycles. The number of ether oxygens (including phenoxy) is 1. The van der Waals surface area contributed by atoms with Gasteiger partial charge in [-0.15, -0.1) is 0 Å². The average Bonchev–Trinajstić information content (AvgIpc) is 2.24. The van der Waals surface area contributed by atoms with E-state index < -0.39 is 0 Å². The summed E-state index contributed by atoms with van der Waals surface area (Å²) in [6.45, 7) is 3.33. The maximum absolute atomic E-state index is 5.79. The zero-order valence-corrected chi connectivity index (χ0v) is 9.50. The number of aromatic nitrogens is 1. The number of hydrogen-bond acceptors (Lipinski definition) is 4. The third-order valence-electron chi connectivity index (χ3n) is 1.99. The largest absolute Gasteiger partial charge is 0.379 e. The number of rotatable bonds is 6. The van der Waals surface area contributed by atoms with E-state index in [1.54, 1.807) is 12.3 Å². The molecule has 1 rings (SSSR count). The van der Waals surface area contributed by atoms with E-state index in [2.05, 4.69) is 17.3 Å². The summed E-state index contributed by atoms with van der Waals surface area (Å²) in [5, 5.41) is 0.461. The number of nitrogens with one attached hydrogen (secondary N) is 1. The molecule has 84 valence electrons. The third-order valence-corrected chi connectivity index (χ3v) is 2.19. The zero-order chi connectivity index (χ0) is 11.1. The number of hydrogen-bond donors (Lipinski definition) is 2. The van der Waals surface area contributed by atoms with E-state index in [4.69, 9.17) is 22.2 Å². The summed E-state index contributed by atoms with van der Waals surface area (Å²) in [5.74, 6) is 5.44. The Labute approximate surface area is 94.8 Å². The quantitative estimate of drug-likeness (QED) is 0.337. The Morgan fingerprint density at radius 2 is 2.47 bits per heavy atom. The molecule has 1 aromatic rings. The number of pyridine rings is 1. The maximum atomic E-state index is 5.79. The Balaban J connectivity index is 2.57. The van der Waals surface area contributed by atoms with Gasteiger partial charge in [-0.25, -0.2) is 4.98 Å². The van der Waals surface area contributed by atoms with E-state index in [0.29, 0.717) is 11.8 Å². The molecule has 5 heteroatoms. The van der Waals surface area contributed by atoms with Gasteiger partial charge in [-0.2, -0.15) is 0 Å². The van der Waals surface area contributed by atoms with Crippen LogP contribution in [0.3, 0.4) is 0 Å². The van der Waals surface area contributed by atoms with Crippen molar-refractivity contribution in [2.45, 2.75) is 19.4 Å². The van der Waals surface area contributed by atoms with Crippen molar-refractivity contribution in [1.82, 2.24) is 10.4 Å². The van der Waals surface area contributed by atoms with Crippen molar-refractivity contribution < 1.29 is 4.74 Å². The molecule has 0 aliphatic carbocycles. The second-order valence-electron chi connectivity index (χ2n) is 3.21. The van der Waals surface area contributed by atoms with Crippen LogP contribution in [0.5, 0.6) is 0 Å². The van der Waals surface area contributed by atoms with Crippen molar-refractivity contribution in [3.05, 3.63) is 29.0 Å². The molecule has 0 aliphatic heterocycles. The van der Waals surface area contributed by atoms with Crippen molar-refractivity contribution in [2.75, 3.05) is 13.2 Å². The van der Waals surface area contributed by atoms with Crippen molar-refractivity contribution in [1.29, 1.82) is 0 Å². The molecule has 1 aromatic heterocycles. The first kappa shape index (κ1) is 12.4. The highest BCUT2D eigenvalue weighted by atomic mass is 35.5. The molecule has 4 nitrogen and oxygen atoms in total. The molecule has 0 spiro atoms. The van der Waals surface area contributed by atoms with E-state index in [1.165, 1.54) is 0 Å². The van der Waals surface area contributed by atoms with Crippen LogP contribution in [0.25, 0.3) is 0 Å². The van der Waals surface area contributed by atoms with Gasteiger partial charge in [0.1, 0.15) is 5.15 Å². The van der Waals surface area contributed by atoms with Gasteiger partial charge in [0.25, 0.3) is 0 Å². The fraction of sp³-hybridized carbons (Fsp3) is 0.500. The monoisotopic (exact) mass is 229 g/mol.